The predicted octanol–water partition coefficient (Wildman–Crippen LogP) is 5.89. The summed E-state index contributed by atoms with van der Waals surface area (Å²) in [5, 5.41) is 0. The summed E-state index contributed by atoms with van der Waals surface area (Å²) in [7, 11) is 0. The quantitative estimate of drug-likeness (QED) is 0.549. The van der Waals surface area contributed by atoms with Crippen molar-refractivity contribution in [2.45, 2.75) is 92.9 Å². The average molecular weight is 357 g/mol. The van der Waals surface area contributed by atoms with Gasteiger partial charge in [0.25, 0.3) is 0 Å². The minimum atomic E-state index is -0.190. The normalized spacial score (nSPS) is 47.2. The van der Waals surface area contributed by atoms with Gasteiger partial charge in [0.05, 0.1) is 0 Å². The van der Waals surface area contributed by atoms with Crippen LogP contribution in [0.1, 0.15) is 92.9 Å². The molecule has 2 heteroatoms. The van der Waals surface area contributed by atoms with Crippen molar-refractivity contribution in [3.8, 4) is 0 Å². The molecule has 0 aromatic rings. The van der Waals surface area contributed by atoms with Gasteiger partial charge in [-0.3, -0.25) is 9.59 Å². The lowest BCUT2D eigenvalue weighted by Gasteiger charge is -2.60. The van der Waals surface area contributed by atoms with Gasteiger partial charge in [0.1, 0.15) is 11.6 Å². The molecule has 0 radical (unpaired) electrons. The Morgan fingerprint density at radius 3 is 2.23 bits per heavy atom. The number of fused-ring (bicyclic) bond motifs is 4. The van der Waals surface area contributed by atoms with Crippen molar-refractivity contribution >= 4 is 11.6 Å². The monoisotopic (exact) mass is 356 g/mol. The number of ketones is 2. The number of hydrogen-bond donors (Lipinski definition) is 0. The molecule has 0 aromatic heterocycles. The molecule has 4 aliphatic rings. The van der Waals surface area contributed by atoms with E-state index in [1.54, 1.807) is 18.1 Å². The van der Waals surface area contributed by atoms with Crippen LogP contribution in [0.4, 0.5) is 0 Å². The van der Waals surface area contributed by atoms with Gasteiger partial charge < -0.3 is 0 Å². The minimum absolute atomic E-state index is 0.126. The lowest BCUT2D eigenvalue weighted by molar-refractivity contribution is -0.140. The first-order chi connectivity index (χ1) is 12.0. The van der Waals surface area contributed by atoms with E-state index in [2.05, 4.69) is 34.6 Å². The second-order valence-corrected chi connectivity index (χ2v) is 11.1. The Hall–Kier alpha value is -0.920. The van der Waals surface area contributed by atoms with Gasteiger partial charge in [-0.25, -0.2) is 0 Å². The van der Waals surface area contributed by atoms with Crippen molar-refractivity contribution in [1.29, 1.82) is 0 Å². The topological polar surface area (TPSA) is 34.1 Å². The third-order valence-electron chi connectivity index (χ3n) is 9.98. The molecule has 0 bridgehead atoms. The second kappa shape index (κ2) is 5.32. The predicted molar refractivity (Wildman–Crippen MR) is 105 cm³/mol. The molecule has 0 saturated heterocycles. The number of rotatable bonds is 1. The van der Waals surface area contributed by atoms with E-state index in [1.807, 2.05) is 0 Å². The smallest absolute Gasteiger partial charge is 0.138 e. The molecule has 0 unspecified atom stereocenters. The summed E-state index contributed by atoms with van der Waals surface area (Å²) < 4.78 is 0. The number of Topliss-reactive ketones (excluding diaryl/α,β-unsaturated/α-hetero) is 2. The molecule has 4 rings (SSSR count). The highest BCUT2D eigenvalue weighted by molar-refractivity contribution is 5.86. The number of hydrogen-bond acceptors (Lipinski definition) is 2. The zero-order valence-corrected chi connectivity index (χ0v) is 17.6. The van der Waals surface area contributed by atoms with E-state index in [0.717, 1.165) is 51.4 Å². The Morgan fingerprint density at radius 2 is 1.58 bits per heavy atom. The van der Waals surface area contributed by atoms with Crippen LogP contribution in [0.2, 0.25) is 0 Å². The van der Waals surface area contributed by atoms with Crippen molar-refractivity contribution in [2.75, 3.05) is 0 Å². The van der Waals surface area contributed by atoms with Crippen molar-refractivity contribution in [1.82, 2.24) is 0 Å². The molecule has 2 saturated carbocycles. The minimum Gasteiger partial charge on any atom is -0.300 e. The van der Waals surface area contributed by atoms with Crippen LogP contribution in [0.15, 0.2) is 11.1 Å². The van der Waals surface area contributed by atoms with Gasteiger partial charge in [0, 0.05) is 17.8 Å². The van der Waals surface area contributed by atoms with E-state index in [1.165, 1.54) is 0 Å². The summed E-state index contributed by atoms with van der Waals surface area (Å²) in [5.41, 5.74) is 3.68. The third-order valence-corrected chi connectivity index (χ3v) is 9.98. The first-order valence-corrected chi connectivity index (χ1v) is 10.8. The van der Waals surface area contributed by atoms with Crippen LogP contribution in [-0.2, 0) is 9.59 Å². The lowest BCUT2D eigenvalue weighted by atomic mass is 9.43. The largest absolute Gasteiger partial charge is 0.300 e. The zero-order valence-electron chi connectivity index (χ0n) is 17.6. The molecule has 0 N–H and O–H groups in total. The van der Waals surface area contributed by atoms with E-state index < -0.39 is 0 Å². The Bertz CT molecular complexity index is 714. The molecular formula is C24H36O2. The fraction of sp³-hybridized carbons (Fsp3) is 0.833. The Morgan fingerprint density at radius 1 is 0.885 bits per heavy atom. The van der Waals surface area contributed by atoms with Gasteiger partial charge in [-0.2, -0.15) is 0 Å². The maximum absolute atomic E-state index is 12.6. The molecule has 26 heavy (non-hydrogen) atoms. The van der Waals surface area contributed by atoms with Crippen molar-refractivity contribution in [3.05, 3.63) is 11.1 Å². The average Bonchev–Trinajstić information content (AvgIpc) is 2.84. The molecule has 5 atom stereocenters. The molecule has 0 aliphatic heterocycles. The number of carbonyl (C=O) groups excluding carboxylic acids is 2. The maximum Gasteiger partial charge on any atom is 0.138 e. The summed E-state index contributed by atoms with van der Waals surface area (Å²) in [6.07, 6.45) is 8.56. The van der Waals surface area contributed by atoms with Crippen LogP contribution >= 0.6 is 0 Å². The summed E-state index contributed by atoms with van der Waals surface area (Å²) >= 11 is 0. The van der Waals surface area contributed by atoms with Crippen LogP contribution in [-0.4, -0.2) is 11.6 Å². The highest BCUT2D eigenvalue weighted by atomic mass is 16.1. The standard InChI is InChI=1S/C24H36O2/c1-15(25)16-9-13-24(6)18-7-8-19-21(2,3)20(26)11-12-22(19,4)17(18)10-14-23(16,24)5/h16,19H,7-14H2,1-6H3/t16-,19+,22-,23-,24-/m1/s1. The second-order valence-electron chi connectivity index (χ2n) is 11.1. The number of allylic oxidation sites excluding steroid dienone is 2. The van der Waals surface area contributed by atoms with Gasteiger partial charge in [0.15, 0.2) is 0 Å². The number of carbonyl (C=O) groups is 2. The SMILES string of the molecule is CC(=O)[C@H]1CC[C@]2(C)C3=C(CC[C@]12C)[C@@]1(C)CCC(=O)C(C)(C)[C@@H]1CC3. The molecule has 144 valence electrons. The molecule has 2 fully saturated rings. The van der Waals surface area contributed by atoms with Crippen molar-refractivity contribution < 1.29 is 9.59 Å². The summed E-state index contributed by atoms with van der Waals surface area (Å²) in [4.78, 5) is 25.0. The van der Waals surface area contributed by atoms with Crippen molar-refractivity contribution in [2.24, 2.45) is 33.5 Å². The summed E-state index contributed by atoms with van der Waals surface area (Å²) in [6, 6.07) is 0. The molecule has 0 amide bonds. The maximum atomic E-state index is 12.6. The first kappa shape index (κ1) is 18.4. The molecule has 4 aliphatic carbocycles. The lowest BCUT2D eigenvalue weighted by Crippen LogP contribution is -2.53. The van der Waals surface area contributed by atoms with Gasteiger partial charge in [0.2, 0.25) is 0 Å². The third kappa shape index (κ3) is 2.00. The van der Waals surface area contributed by atoms with Crippen LogP contribution in [0.5, 0.6) is 0 Å². The van der Waals surface area contributed by atoms with Gasteiger partial charge in [-0.05, 0) is 74.0 Å². The van der Waals surface area contributed by atoms with E-state index in [4.69, 9.17) is 0 Å². The van der Waals surface area contributed by atoms with Gasteiger partial charge in [-0.15, -0.1) is 0 Å². The molecule has 0 spiro atoms. The summed E-state index contributed by atoms with van der Waals surface area (Å²) in [5.74, 6) is 1.57. The van der Waals surface area contributed by atoms with Crippen LogP contribution in [0, 0.1) is 33.5 Å². The van der Waals surface area contributed by atoms with E-state index in [9.17, 15) is 9.59 Å². The van der Waals surface area contributed by atoms with E-state index in [-0.39, 0.29) is 27.6 Å². The van der Waals surface area contributed by atoms with Crippen LogP contribution in [0.25, 0.3) is 0 Å². The first-order valence-electron chi connectivity index (χ1n) is 10.8. The van der Waals surface area contributed by atoms with Crippen LogP contribution in [0.3, 0.4) is 0 Å². The Balaban J connectivity index is 1.82. The van der Waals surface area contributed by atoms with Gasteiger partial charge in [-0.1, -0.05) is 45.8 Å². The fourth-order valence-corrected chi connectivity index (χ4v) is 8.13. The van der Waals surface area contributed by atoms with E-state index in [0.29, 0.717) is 17.5 Å². The summed E-state index contributed by atoms with van der Waals surface area (Å²) in [6.45, 7) is 13.5. The van der Waals surface area contributed by atoms with Crippen molar-refractivity contribution in [3.63, 3.8) is 0 Å². The molecule has 0 heterocycles. The highest BCUT2D eigenvalue weighted by Crippen LogP contribution is 2.71. The Labute approximate surface area is 159 Å². The zero-order chi connectivity index (χ0) is 19.1. The molecule has 2 nitrogen and oxygen atoms in total. The van der Waals surface area contributed by atoms with Gasteiger partial charge >= 0.3 is 0 Å². The Kier molecular flexibility index (Phi) is 3.78. The van der Waals surface area contributed by atoms with E-state index >= 15 is 0 Å². The fourth-order valence-electron chi connectivity index (χ4n) is 8.13. The molecular weight excluding hydrogens is 320 g/mol. The molecule has 0 aromatic carbocycles. The highest BCUT2D eigenvalue weighted by Gasteiger charge is 2.63. The van der Waals surface area contributed by atoms with Crippen LogP contribution < -0.4 is 0 Å².